The molecule has 0 saturated heterocycles. The quantitative estimate of drug-likeness (QED) is 0.262. The van der Waals surface area contributed by atoms with Crippen LogP contribution >= 0.6 is 0 Å². The number of hydrogen-bond donors (Lipinski definition) is 1. The Morgan fingerprint density at radius 1 is 0.771 bits per heavy atom. The predicted octanol–water partition coefficient (Wildman–Crippen LogP) is 7.26. The number of benzene rings is 3. The Hall–Kier alpha value is -4.45. The van der Waals surface area contributed by atoms with Crippen LogP contribution in [-0.2, 0) is 6.61 Å². The summed E-state index contributed by atoms with van der Waals surface area (Å²) in [6.07, 6.45) is 1.53. The van der Waals surface area contributed by atoms with Crippen molar-refractivity contribution in [2.45, 2.75) is 26.4 Å². The normalized spacial score (nSPS) is 10.9. The first-order valence-electron chi connectivity index (χ1n) is 11.6. The molecule has 0 radical (unpaired) electrons. The standard InChI is InChI=1S/C29H26N4O2/c1-20(2)25-17-16-24-28(32-25)30-19-31-29(24)33-26-10-6-7-11-27(26)35-23-14-12-22(13-15-23)34-18-21-8-4-3-5-9-21/h3-17,19-20H,18H2,1-2H3,(H,30,31,32,33). The van der Waals surface area contributed by atoms with Gasteiger partial charge in [0.2, 0.25) is 0 Å². The van der Waals surface area contributed by atoms with E-state index in [2.05, 4.69) is 34.1 Å². The largest absolute Gasteiger partial charge is 0.489 e. The smallest absolute Gasteiger partial charge is 0.164 e. The van der Waals surface area contributed by atoms with Crippen molar-refractivity contribution in [1.29, 1.82) is 0 Å². The minimum Gasteiger partial charge on any atom is -0.489 e. The van der Waals surface area contributed by atoms with Crippen molar-refractivity contribution < 1.29 is 9.47 Å². The number of aromatic nitrogens is 3. The number of nitrogens with zero attached hydrogens (tertiary/aromatic N) is 3. The van der Waals surface area contributed by atoms with Crippen LogP contribution < -0.4 is 14.8 Å². The van der Waals surface area contributed by atoms with Crippen molar-refractivity contribution >= 4 is 22.5 Å². The van der Waals surface area contributed by atoms with Crippen molar-refractivity contribution in [2.24, 2.45) is 0 Å². The summed E-state index contributed by atoms with van der Waals surface area (Å²) in [5, 5.41) is 4.25. The highest BCUT2D eigenvalue weighted by atomic mass is 16.5. The van der Waals surface area contributed by atoms with Crippen LogP contribution in [0.4, 0.5) is 11.5 Å². The first-order valence-corrected chi connectivity index (χ1v) is 11.6. The maximum absolute atomic E-state index is 6.19. The Morgan fingerprint density at radius 3 is 2.31 bits per heavy atom. The van der Waals surface area contributed by atoms with E-state index in [1.807, 2.05) is 91.0 Å². The molecule has 0 aliphatic heterocycles. The third kappa shape index (κ3) is 5.38. The van der Waals surface area contributed by atoms with Gasteiger partial charge in [-0.05, 0) is 60.0 Å². The summed E-state index contributed by atoms with van der Waals surface area (Å²) in [6, 6.07) is 29.5. The molecule has 0 unspecified atom stereocenters. The monoisotopic (exact) mass is 462 g/mol. The van der Waals surface area contributed by atoms with Crippen LogP contribution in [0.2, 0.25) is 0 Å². The van der Waals surface area contributed by atoms with Gasteiger partial charge in [0.25, 0.3) is 0 Å². The van der Waals surface area contributed by atoms with Crippen molar-refractivity contribution in [3.63, 3.8) is 0 Å². The van der Waals surface area contributed by atoms with Gasteiger partial charge in [-0.2, -0.15) is 0 Å². The number of para-hydroxylation sites is 2. The van der Waals surface area contributed by atoms with Gasteiger partial charge in [-0.3, -0.25) is 0 Å². The average Bonchev–Trinajstić information content (AvgIpc) is 2.90. The Morgan fingerprint density at radius 2 is 1.51 bits per heavy atom. The molecule has 2 heterocycles. The number of rotatable bonds is 8. The summed E-state index contributed by atoms with van der Waals surface area (Å²) in [4.78, 5) is 13.5. The first-order chi connectivity index (χ1) is 17.2. The molecule has 5 rings (SSSR count). The van der Waals surface area contributed by atoms with Gasteiger partial charge in [0.1, 0.15) is 30.3 Å². The number of ether oxygens (including phenoxy) is 2. The van der Waals surface area contributed by atoms with Gasteiger partial charge in [-0.25, -0.2) is 15.0 Å². The molecule has 0 spiro atoms. The SMILES string of the molecule is CC(C)c1ccc2c(Nc3ccccc3Oc3ccc(OCc4ccccc4)cc3)ncnc2n1. The molecule has 1 N–H and O–H groups in total. The van der Waals surface area contributed by atoms with Gasteiger partial charge >= 0.3 is 0 Å². The van der Waals surface area contributed by atoms with E-state index in [1.165, 1.54) is 6.33 Å². The molecular formula is C29H26N4O2. The molecule has 6 nitrogen and oxygen atoms in total. The molecule has 35 heavy (non-hydrogen) atoms. The van der Waals surface area contributed by atoms with E-state index in [-0.39, 0.29) is 0 Å². The van der Waals surface area contributed by atoms with Gasteiger partial charge < -0.3 is 14.8 Å². The van der Waals surface area contributed by atoms with Crippen molar-refractivity contribution in [2.75, 3.05) is 5.32 Å². The van der Waals surface area contributed by atoms with Gasteiger partial charge in [0, 0.05) is 5.69 Å². The molecule has 6 heteroatoms. The molecule has 0 aliphatic carbocycles. The lowest BCUT2D eigenvalue weighted by atomic mass is 10.1. The number of anilines is 2. The molecule has 5 aromatic rings. The Labute approximate surface area is 204 Å². The van der Waals surface area contributed by atoms with Crippen molar-refractivity contribution in [3.05, 3.63) is 109 Å². The minimum atomic E-state index is 0.329. The van der Waals surface area contributed by atoms with Crippen molar-refractivity contribution in [1.82, 2.24) is 15.0 Å². The topological polar surface area (TPSA) is 69.2 Å². The predicted molar refractivity (Wildman–Crippen MR) is 138 cm³/mol. The Kier molecular flexibility index (Phi) is 6.52. The van der Waals surface area contributed by atoms with E-state index in [1.54, 1.807) is 0 Å². The second-order valence-corrected chi connectivity index (χ2v) is 8.45. The molecule has 3 aromatic carbocycles. The second-order valence-electron chi connectivity index (χ2n) is 8.45. The lowest BCUT2D eigenvalue weighted by molar-refractivity contribution is 0.306. The van der Waals surface area contributed by atoms with Crippen LogP contribution in [0.3, 0.4) is 0 Å². The van der Waals surface area contributed by atoms with E-state index < -0.39 is 0 Å². The summed E-state index contributed by atoms with van der Waals surface area (Å²) < 4.78 is 12.1. The summed E-state index contributed by atoms with van der Waals surface area (Å²) in [5.74, 6) is 3.19. The zero-order chi connectivity index (χ0) is 24.0. The second kappa shape index (κ2) is 10.2. The molecule has 0 amide bonds. The lowest BCUT2D eigenvalue weighted by Gasteiger charge is -2.14. The number of hydrogen-bond acceptors (Lipinski definition) is 6. The molecular weight excluding hydrogens is 436 g/mol. The van der Waals surface area contributed by atoms with Crippen LogP contribution in [-0.4, -0.2) is 15.0 Å². The highest BCUT2D eigenvalue weighted by molar-refractivity contribution is 5.89. The van der Waals surface area contributed by atoms with Gasteiger partial charge in [-0.15, -0.1) is 0 Å². The van der Waals surface area contributed by atoms with E-state index in [9.17, 15) is 0 Å². The van der Waals surface area contributed by atoms with E-state index in [0.29, 0.717) is 35.5 Å². The number of pyridine rings is 1. The molecule has 0 bridgehead atoms. The van der Waals surface area contributed by atoms with Gasteiger partial charge in [0.15, 0.2) is 11.4 Å². The van der Waals surface area contributed by atoms with Crippen LogP contribution in [0.15, 0.2) is 97.3 Å². The van der Waals surface area contributed by atoms with Crippen LogP contribution in [0.1, 0.15) is 31.0 Å². The zero-order valence-corrected chi connectivity index (χ0v) is 19.7. The molecule has 0 aliphatic rings. The molecule has 0 saturated carbocycles. The summed E-state index contributed by atoms with van der Waals surface area (Å²) in [5.41, 5.74) is 3.59. The zero-order valence-electron chi connectivity index (χ0n) is 19.7. The van der Waals surface area contributed by atoms with E-state index >= 15 is 0 Å². The fourth-order valence-electron chi connectivity index (χ4n) is 3.64. The van der Waals surface area contributed by atoms with Crippen molar-refractivity contribution in [3.8, 4) is 17.2 Å². The Balaban J connectivity index is 1.32. The van der Waals surface area contributed by atoms with Crippen LogP contribution in [0, 0.1) is 0 Å². The third-order valence-corrected chi connectivity index (χ3v) is 5.55. The minimum absolute atomic E-state index is 0.329. The van der Waals surface area contributed by atoms with E-state index in [0.717, 1.165) is 28.1 Å². The maximum atomic E-state index is 6.19. The summed E-state index contributed by atoms with van der Waals surface area (Å²) in [7, 11) is 0. The maximum Gasteiger partial charge on any atom is 0.164 e. The number of nitrogens with one attached hydrogen (secondary N) is 1. The fourth-order valence-corrected chi connectivity index (χ4v) is 3.64. The average molecular weight is 463 g/mol. The molecule has 0 fully saturated rings. The molecule has 0 atom stereocenters. The third-order valence-electron chi connectivity index (χ3n) is 5.55. The summed E-state index contributed by atoms with van der Waals surface area (Å²) in [6.45, 7) is 4.75. The highest BCUT2D eigenvalue weighted by Gasteiger charge is 2.11. The fraction of sp³-hybridized carbons (Fsp3) is 0.138. The lowest BCUT2D eigenvalue weighted by Crippen LogP contribution is -2.00. The molecule has 174 valence electrons. The first kappa shape index (κ1) is 22.3. The van der Waals surface area contributed by atoms with Gasteiger partial charge in [-0.1, -0.05) is 56.3 Å². The Bertz CT molecular complexity index is 1420. The van der Waals surface area contributed by atoms with Crippen LogP contribution in [0.25, 0.3) is 11.0 Å². The molecule has 2 aromatic heterocycles. The van der Waals surface area contributed by atoms with E-state index in [4.69, 9.17) is 9.47 Å². The van der Waals surface area contributed by atoms with Gasteiger partial charge in [0.05, 0.1) is 11.1 Å². The summed E-state index contributed by atoms with van der Waals surface area (Å²) >= 11 is 0. The van der Waals surface area contributed by atoms with Crippen LogP contribution in [0.5, 0.6) is 17.2 Å². The number of fused-ring (bicyclic) bond motifs is 1. The highest BCUT2D eigenvalue weighted by Crippen LogP contribution is 2.33.